The lowest BCUT2D eigenvalue weighted by atomic mass is 9.71. The number of aromatic nitrogens is 1. The van der Waals surface area contributed by atoms with E-state index in [2.05, 4.69) is 10.1 Å². The molecule has 3 amide bonds. The first-order chi connectivity index (χ1) is 19.3. The molecule has 1 fully saturated rings. The smallest absolute Gasteiger partial charge is 0.392 e. The zero-order valence-electron chi connectivity index (χ0n) is 23.0. The molecule has 2 aromatic rings. The minimum Gasteiger partial charge on any atom is -0.392 e. The first kappa shape index (κ1) is 30.2. The molecule has 0 radical (unpaired) electrons. The van der Waals surface area contributed by atoms with Gasteiger partial charge in [0.1, 0.15) is 12.0 Å². The monoisotopic (exact) mass is 573 g/mol. The summed E-state index contributed by atoms with van der Waals surface area (Å²) in [5, 5.41) is 13.8. The lowest BCUT2D eigenvalue weighted by Gasteiger charge is -2.42. The summed E-state index contributed by atoms with van der Waals surface area (Å²) in [5.74, 6) is -2.75. The molecule has 3 N–H and O–H groups in total. The second kappa shape index (κ2) is 11.6. The van der Waals surface area contributed by atoms with E-state index in [1.54, 1.807) is 44.2 Å². The van der Waals surface area contributed by atoms with Gasteiger partial charge >= 0.3 is 6.18 Å². The van der Waals surface area contributed by atoms with Crippen molar-refractivity contribution in [3.63, 3.8) is 0 Å². The van der Waals surface area contributed by atoms with Crippen LogP contribution >= 0.6 is 0 Å². The predicted molar refractivity (Wildman–Crippen MR) is 144 cm³/mol. The number of hydrogen-bond donors (Lipinski definition) is 2. The van der Waals surface area contributed by atoms with Crippen LogP contribution in [0.2, 0.25) is 0 Å². The summed E-state index contributed by atoms with van der Waals surface area (Å²) >= 11 is 0. The fourth-order valence-corrected chi connectivity index (χ4v) is 5.57. The predicted octanol–water partition coefficient (Wildman–Crippen LogP) is 2.86. The summed E-state index contributed by atoms with van der Waals surface area (Å²) in [6.45, 7) is 1.50. The van der Waals surface area contributed by atoms with Gasteiger partial charge in [0.15, 0.2) is 0 Å². The Labute approximate surface area is 236 Å². The normalized spacial score (nSPS) is 20.0. The van der Waals surface area contributed by atoms with Crippen molar-refractivity contribution in [2.24, 2.45) is 27.6 Å². The number of nitrogens with two attached hydrogens (primary N) is 1. The molecule has 9 nitrogen and oxygen atoms in total. The van der Waals surface area contributed by atoms with Crippen molar-refractivity contribution in [3.8, 4) is 0 Å². The number of fused-ring (bicyclic) bond motifs is 1. The highest BCUT2D eigenvalue weighted by atomic mass is 19.4. The number of hydrazone groups is 1. The van der Waals surface area contributed by atoms with Gasteiger partial charge in [0, 0.05) is 37.8 Å². The van der Waals surface area contributed by atoms with E-state index in [4.69, 9.17) is 5.73 Å². The molecule has 1 aromatic carbocycles. The third-order valence-electron chi connectivity index (χ3n) is 8.10. The molecule has 1 aromatic heterocycles. The lowest BCUT2D eigenvalue weighted by Crippen LogP contribution is -2.58. The van der Waals surface area contributed by atoms with E-state index in [-0.39, 0.29) is 44.7 Å². The van der Waals surface area contributed by atoms with Crippen LogP contribution in [-0.2, 0) is 33.8 Å². The Morgan fingerprint density at radius 2 is 1.80 bits per heavy atom. The number of hydrogen-bond acceptors (Lipinski definition) is 6. The second-order valence-corrected chi connectivity index (χ2v) is 11.3. The van der Waals surface area contributed by atoms with Crippen LogP contribution in [0.3, 0.4) is 0 Å². The van der Waals surface area contributed by atoms with E-state index < -0.39 is 47.2 Å². The minimum atomic E-state index is -4.65. The van der Waals surface area contributed by atoms with Crippen molar-refractivity contribution in [3.05, 3.63) is 65.5 Å². The quantitative estimate of drug-likeness (QED) is 0.452. The number of aryl methyl sites for hydroxylation is 1. The molecule has 1 saturated heterocycles. The number of pyridine rings is 1. The van der Waals surface area contributed by atoms with Gasteiger partial charge in [-0.2, -0.15) is 18.3 Å². The molecular formula is C29H34F3N5O4. The van der Waals surface area contributed by atoms with Crippen LogP contribution in [0.1, 0.15) is 43.5 Å². The molecule has 220 valence electrons. The number of alkyl halides is 3. The first-order valence-electron chi connectivity index (χ1n) is 13.4. The number of benzene rings is 1. The number of halogens is 3. The molecule has 4 rings (SSSR count). The van der Waals surface area contributed by atoms with Gasteiger partial charge in [0.25, 0.3) is 5.91 Å². The van der Waals surface area contributed by atoms with Crippen LogP contribution in [0.15, 0.2) is 53.8 Å². The number of rotatable bonds is 10. The molecular weight excluding hydrogens is 539 g/mol. The SMILES string of the molecule is CC(C)(C(N)=O)[C@@H](CCc1ccc(CO)cc1)C(=O)N1CCC2=NN(CC(F)(F)F)C(=O)[C@]2(Cc2ccccn2)C1. The van der Waals surface area contributed by atoms with E-state index in [1.807, 2.05) is 12.1 Å². The zero-order chi connectivity index (χ0) is 30.0. The van der Waals surface area contributed by atoms with Crippen LogP contribution < -0.4 is 5.73 Å². The summed E-state index contributed by atoms with van der Waals surface area (Å²) in [6.07, 6.45) is -2.33. The van der Waals surface area contributed by atoms with Gasteiger partial charge in [0.2, 0.25) is 11.8 Å². The molecule has 2 atom stereocenters. The molecule has 41 heavy (non-hydrogen) atoms. The average Bonchev–Trinajstić information content (AvgIpc) is 3.18. The number of carbonyl (C=O) groups excluding carboxylic acids is 3. The summed E-state index contributed by atoms with van der Waals surface area (Å²) in [4.78, 5) is 45.9. The minimum absolute atomic E-state index is 0.0231. The maximum atomic E-state index is 14.1. The number of likely N-dealkylation sites (tertiary alicyclic amines) is 1. The van der Waals surface area contributed by atoms with Gasteiger partial charge in [-0.25, -0.2) is 5.01 Å². The van der Waals surface area contributed by atoms with Crippen molar-refractivity contribution in [2.75, 3.05) is 19.6 Å². The highest BCUT2D eigenvalue weighted by Gasteiger charge is 2.57. The van der Waals surface area contributed by atoms with Gasteiger partial charge in [-0.1, -0.05) is 44.2 Å². The Bertz CT molecular complexity index is 1310. The topological polar surface area (TPSA) is 129 Å². The van der Waals surface area contributed by atoms with Crippen LogP contribution in [0.4, 0.5) is 13.2 Å². The Balaban J connectivity index is 1.63. The van der Waals surface area contributed by atoms with Gasteiger partial charge < -0.3 is 15.7 Å². The Morgan fingerprint density at radius 1 is 1.12 bits per heavy atom. The van der Waals surface area contributed by atoms with Crippen LogP contribution in [-0.4, -0.2) is 69.2 Å². The number of piperidine rings is 1. The maximum absolute atomic E-state index is 14.1. The van der Waals surface area contributed by atoms with Crippen molar-refractivity contribution in [1.29, 1.82) is 0 Å². The van der Waals surface area contributed by atoms with Gasteiger partial charge in [-0.05, 0) is 36.1 Å². The molecule has 0 spiro atoms. The average molecular weight is 574 g/mol. The number of primary amides is 1. The number of nitrogens with zero attached hydrogens (tertiary/aromatic N) is 4. The van der Waals surface area contributed by atoms with E-state index in [1.165, 1.54) is 11.1 Å². The zero-order valence-corrected chi connectivity index (χ0v) is 23.0. The van der Waals surface area contributed by atoms with Gasteiger partial charge in [-0.3, -0.25) is 19.4 Å². The van der Waals surface area contributed by atoms with E-state index in [0.717, 1.165) is 11.1 Å². The number of amides is 3. The molecule has 0 saturated carbocycles. The molecule has 2 aliphatic rings. The summed E-state index contributed by atoms with van der Waals surface area (Å²) in [5.41, 5.74) is 5.39. The van der Waals surface area contributed by atoms with Crippen molar-refractivity contribution in [2.45, 2.75) is 52.3 Å². The van der Waals surface area contributed by atoms with E-state index in [9.17, 15) is 32.7 Å². The molecule has 3 heterocycles. The fraction of sp³-hybridized carbons (Fsp3) is 0.483. The van der Waals surface area contributed by atoms with E-state index in [0.29, 0.717) is 17.1 Å². The highest BCUT2D eigenvalue weighted by Crippen LogP contribution is 2.41. The van der Waals surface area contributed by atoms with E-state index >= 15 is 0 Å². The van der Waals surface area contributed by atoms with Crippen molar-refractivity contribution in [1.82, 2.24) is 14.9 Å². The van der Waals surface area contributed by atoms with Gasteiger partial charge in [-0.15, -0.1) is 0 Å². The van der Waals surface area contributed by atoms with Crippen LogP contribution in [0.25, 0.3) is 0 Å². The molecule has 12 heteroatoms. The first-order valence-corrected chi connectivity index (χ1v) is 13.4. The summed E-state index contributed by atoms with van der Waals surface area (Å²) in [7, 11) is 0. The fourth-order valence-electron chi connectivity index (χ4n) is 5.57. The van der Waals surface area contributed by atoms with Crippen molar-refractivity contribution < 1.29 is 32.7 Å². The third kappa shape index (κ3) is 6.42. The maximum Gasteiger partial charge on any atom is 0.408 e. The van der Waals surface area contributed by atoms with Gasteiger partial charge in [0.05, 0.1) is 23.7 Å². The Kier molecular flexibility index (Phi) is 8.53. The number of aliphatic hydroxyl groups is 1. The molecule has 0 bridgehead atoms. The Morgan fingerprint density at radius 3 is 2.39 bits per heavy atom. The number of aliphatic hydroxyl groups excluding tert-OH is 1. The van der Waals surface area contributed by atoms with Crippen molar-refractivity contribution >= 4 is 23.4 Å². The van der Waals surface area contributed by atoms with Crippen LogP contribution in [0.5, 0.6) is 0 Å². The third-order valence-corrected chi connectivity index (χ3v) is 8.10. The number of carbonyl (C=O) groups is 3. The lowest BCUT2D eigenvalue weighted by molar-refractivity contribution is -0.164. The molecule has 0 aliphatic carbocycles. The molecule has 2 aliphatic heterocycles. The second-order valence-electron chi connectivity index (χ2n) is 11.3. The standard InChI is InChI=1S/C29H34F3N5O4/c1-27(2,25(33)40)22(11-10-19-6-8-20(16-38)9-7-19)24(39)36-14-12-23-28(17-36,15-21-5-3-4-13-34-21)26(41)37(35-23)18-29(30,31)32/h3-9,13,22,38H,10-12,14-18H2,1-2H3,(H2,33,40)/t22-,28+/m0/s1. The molecule has 0 unspecified atom stereocenters. The van der Waals surface area contributed by atoms with Crippen LogP contribution in [0, 0.1) is 16.7 Å². The Hall–Kier alpha value is -3.80. The largest absolute Gasteiger partial charge is 0.408 e. The highest BCUT2D eigenvalue weighted by molar-refractivity contribution is 6.13. The summed E-state index contributed by atoms with van der Waals surface area (Å²) < 4.78 is 39.9. The summed E-state index contributed by atoms with van der Waals surface area (Å²) in [6, 6.07) is 12.3.